The summed E-state index contributed by atoms with van der Waals surface area (Å²) in [7, 11) is 0. The van der Waals surface area contributed by atoms with E-state index in [-0.39, 0.29) is 23.7 Å². The van der Waals surface area contributed by atoms with Crippen LogP contribution in [0.5, 0.6) is 0 Å². The third kappa shape index (κ3) is 6.71. The minimum atomic E-state index is -0.257. The van der Waals surface area contributed by atoms with Gasteiger partial charge in [0.05, 0.1) is 6.04 Å². The minimum Gasteiger partial charge on any atom is -0.349 e. The van der Waals surface area contributed by atoms with E-state index in [1.807, 2.05) is 0 Å². The van der Waals surface area contributed by atoms with E-state index in [2.05, 4.69) is 38.3 Å². The van der Waals surface area contributed by atoms with E-state index in [1.54, 1.807) is 12.1 Å². The van der Waals surface area contributed by atoms with Gasteiger partial charge in [-0.15, -0.1) is 0 Å². The van der Waals surface area contributed by atoms with Crippen molar-refractivity contribution in [1.82, 2.24) is 10.6 Å². The van der Waals surface area contributed by atoms with Crippen molar-refractivity contribution in [2.45, 2.75) is 52.6 Å². The van der Waals surface area contributed by atoms with Gasteiger partial charge < -0.3 is 10.6 Å². The fourth-order valence-corrected chi connectivity index (χ4v) is 2.19. The van der Waals surface area contributed by atoms with Gasteiger partial charge >= 0.3 is 0 Å². The molecule has 0 saturated carbocycles. The van der Waals surface area contributed by atoms with Crippen molar-refractivity contribution < 1.29 is 9.18 Å². The van der Waals surface area contributed by atoms with Crippen LogP contribution in [-0.2, 0) is 4.79 Å². The smallest absolute Gasteiger partial charge is 0.220 e. The molecule has 0 fully saturated rings. The number of carbonyl (C=O) groups excluding carboxylic acids is 1. The zero-order valence-corrected chi connectivity index (χ0v) is 13.4. The van der Waals surface area contributed by atoms with Crippen LogP contribution in [0.2, 0.25) is 0 Å². The van der Waals surface area contributed by atoms with Crippen LogP contribution in [0.4, 0.5) is 4.39 Å². The molecule has 1 rings (SSSR count). The molecule has 2 N–H and O–H groups in total. The molecule has 0 spiro atoms. The van der Waals surface area contributed by atoms with Gasteiger partial charge in [0.25, 0.3) is 0 Å². The lowest BCUT2D eigenvalue weighted by molar-refractivity contribution is -0.122. The molecule has 1 atom stereocenters. The van der Waals surface area contributed by atoms with Crippen molar-refractivity contribution in [3.8, 4) is 0 Å². The summed E-state index contributed by atoms with van der Waals surface area (Å²) in [4.78, 5) is 12.0. The van der Waals surface area contributed by atoms with Crippen LogP contribution in [0.3, 0.4) is 0 Å². The van der Waals surface area contributed by atoms with Crippen LogP contribution in [0.15, 0.2) is 24.3 Å². The Bertz CT molecular complexity index is 429. The van der Waals surface area contributed by atoms with Crippen LogP contribution in [0.25, 0.3) is 0 Å². The average molecular weight is 294 g/mol. The third-order valence-corrected chi connectivity index (χ3v) is 3.35. The second-order valence-electron chi connectivity index (χ2n) is 6.05. The van der Waals surface area contributed by atoms with E-state index >= 15 is 0 Å². The first kappa shape index (κ1) is 17.6. The number of amides is 1. The number of rotatable bonds is 8. The Kier molecular flexibility index (Phi) is 7.37. The van der Waals surface area contributed by atoms with Gasteiger partial charge in [0.1, 0.15) is 5.82 Å². The van der Waals surface area contributed by atoms with E-state index in [0.29, 0.717) is 12.5 Å². The zero-order chi connectivity index (χ0) is 15.8. The molecule has 0 aliphatic heterocycles. The summed E-state index contributed by atoms with van der Waals surface area (Å²) in [6.07, 6.45) is 1.32. The highest BCUT2D eigenvalue weighted by molar-refractivity contribution is 5.76. The number of halogens is 1. The molecular weight excluding hydrogens is 267 g/mol. The molecule has 0 aliphatic carbocycles. The number of nitrogens with one attached hydrogen (secondary N) is 2. The molecule has 1 aromatic carbocycles. The predicted molar refractivity (Wildman–Crippen MR) is 84.5 cm³/mol. The van der Waals surface area contributed by atoms with E-state index in [4.69, 9.17) is 0 Å². The van der Waals surface area contributed by atoms with Gasteiger partial charge in [0, 0.05) is 12.5 Å². The Labute approximate surface area is 127 Å². The first-order valence-corrected chi connectivity index (χ1v) is 7.68. The van der Waals surface area contributed by atoms with Gasteiger partial charge in [-0.1, -0.05) is 39.8 Å². The van der Waals surface area contributed by atoms with Crippen molar-refractivity contribution in [2.75, 3.05) is 6.54 Å². The molecule has 0 radical (unpaired) electrons. The first-order valence-electron chi connectivity index (χ1n) is 7.68. The van der Waals surface area contributed by atoms with E-state index in [0.717, 1.165) is 18.5 Å². The van der Waals surface area contributed by atoms with Crippen LogP contribution in [-0.4, -0.2) is 18.5 Å². The number of carbonyl (C=O) groups is 1. The lowest BCUT2D eigenvalue weighted by atomic mass is 9.96. The fraction of sp³-hybridized carbons (Fsp3) is 0.588. The molecular formula is C17H27FN2O. The van der Waals surface area contributed by atoms with E-state index in [9.17, 15) is 9.18 Å². The third-order valence-electron chi connectivity index (χ3n) is 3.35. The number of hydrogen-bond donors (Lipinski definition) is 2. The second-order valence-corrected chi connectivity index (χ2v) is 6.05. The molecule has 4 heteroatoms. The SMILES string of the molecule is CC(C)NCCCC(=O)NC(c1ccc(F)cc1)C(C)C. The van der Waals surface area contributed by atoms with Crippen molar-refractivity contribution in [3.63, 3.8) is 0 Å². The van der Waals surface area contributed by atoms with Crippen LogP contribution in [0.1, 0.15) is 52.1 Å². The van der Waals surface area contributed by atoms with Crippen molar-refractivity contribution >= 4 is 5.91 Å². The molecule has 21 heavy (non-hydrogen) atoms. The highest BCUT2D eigenvalue weighted by Gasteiger charge is 2.18. The zero-order valence-electron chi connectivity index (χ0n) is 13.4. The average Bonchev–Trinajstić information content (AvgIpc) is 2.41. The topological polar surface area (TPSA) is 41.1 Å². The maximum atomic E-state index is 13.0. The molecule has 0 aromatic heterocycles. The number of hydrogen-bond acceptors (Lipinski definition) is 2. The molecule has 118 valence electrons. The van der Waals surface area contributed by atoms with Crippen LogP contribution < -0.4 is 10.6 Å². The van der Waals surface area contributed by atoms with Gasteiger partial charge in [-0.05, 0) is 36.6 Å². The second kappa shape index (κ2) is 8.78. The van der Waals surface area contributed by atoms with Gasteiger partial charge in [-0.25, -0.2) is 4.39 Å². The Morgan fingerprint density at radius 3 is 2.29 bits per heavy atom. The minimum absolute atomic E-state index is 0.0450. The molecule has 1 aromatic rings. The molecule has 0 heterocycles. The number of benzene rings is 1. The quantitative estimate of drug-likeness (QED) is 0.721. The Morgan fingerprint density at radius 2 is 1.76 bits per heavy atom. The van der Waals surface area contributed by atoms with Gasteiger partial charge in [-0.3, -0.25) is 4.79 Å². The summed E-state index contributed by atoms with van der Waals surface area (Å²) in [5, 5.41) is 6.34. The molecule has 1 amide bonds. The first-order chi connectivity index (χ1) is 9.90. The van der Waals surface area contributed by atoms with Crippen LogP contribution in [0, 0.1) is 11.7 Å². The summed E-state index contributed by atoms with van der Waals surface area (Å²) in [5.74, 6) is 0.0455. The van der Waals surface area contributed by atoms with Gasteiger partial charge in [-0.2, -0.15) is 0 Å². The molecule has 0 aliphatic rings. The lowest BCUT2D eigenvalue weighted by Crippen LogP contribution is -2.32. The van der Waals surface area contributed by atoms with Crippen molar-refractivity contribution in [3.05, 3.63) is 35.6 Å². The van der Waals surface area contributed by atoms with Gasteiger partial charge in [0.15, 0.2) is 0 Å². The van der Waals surface area contributed by atoms with Crippen molar-refractivity contribution in [2.24, 2.45) is 5.92 Å². The summed E-state index contributed by atoms with van der Waals surface area (Å²) in [5.41, 5.74) is 0.944. The van der Waals surface area contributed by atoms with Crippen LogP contribution >= 0.6 is 0 Å². The Hall–Kier alpha value is -1.42. The Balaban J connectivity index is 2.51. The lowest BCUT2D eigenvalue weighted by Gasteiger charge is -2.23. The molecule has 1 unspecified atom stereocenters. The summed E-state index contributed by atoms with van der Waals surface area (Å²) in [6, 6.07) is 6.71. The maximum Gasteiger partial charge on any atom is 0.220 e. The van der Waals surface area contributed by atoms with E-state index < -0.39 is 0 Å². The summed E-state index contributed by atoms with van der Waals surface area (Å²) < 4.78 is 13.0. The van der Waals surface area contributed by atoms with E-state index in [1.165, 1.54) is 12.1 Å². The summed E-state index contributed by atoms with van der Waals surface area (Å²) >= 11 is 0. The van der Waals surface area contributed by atoms with Gasteiger partial charge in [0.2, 0.25) is 5.91 Å². The maximum absolute atomic E-state index is 13.0. The normalized spacial score (nSPS) is 12.7. The largest absolute Gasteiger partial charge is 0.349 e. The fourth-order valence-electron chi connectivity index (χ4n) is 2.19. The molecule has 0 bridgehead atoms. The monoisotopic (exact) mass is 294 g/mol. The van der Waals surface area contributed by atoms with Crippen molar-refractivity contribution in [1.29, 1.82) is 0 Å². The molecule has 0 saturated heterocycles. The summed E-state index contributed by atoms with van der Waals surface area (Å²) in [6.45, 7) is 9.12. The highest BCUT2D eigenvalue weighted by Crippen LogP contribution is 2.22. The Morgan fingerprint density at radius 1 is 1.14 bits per heavy atom. The standard InChI is InChI=1S/C17H27FN2O/c1-12(2)17(14-7-9-15(18)10-8-14)20-16(21)6-5-11-19-13(3)4/h7-10,12-13,17,19H,5-6,11H2,1-4H3,(H,20,21). The molecule has 3 nitrogen and oxygen atoms in total. The highest BCUT2D eigenvalue weighted by atomic mass is 19.1. The predicted octanol–water partition coefficient (Wildman–Crippen LogP) is 3.42.